The minimum absolute atomic E-state index is 0.198. The SMILES string of the molecule is CCCCCCCCCCCCC#CC#CCCCCCCCCC(=O)[O-]. The van der Waals surface area contributed by atoms with E-state index in [-0.39, 0.29) is 6.42 Å². The molecule has 0 aliphatic heterocycles. The molecule has 0 saturated heterocycles. The van der Waals surface area contributed by atoms with Crippen molar-refractivity contribution in [3.05, 3.63) is 0 Å². The Morgan fingerprint density at radius 3 is 1.37 bits per heavy atom. The van der Waals surface area contributed by atoms with E-state index < -0.39 is 5.97 Å². The van der Waals surface area contributed by atoms with Crippen LogP contribution in [0, 0.1) is 23.7 Å². The predicted molar refractivity (Wildman–Crippen MR) is 114 cm³/mol. The van der Waals surface area contributed by atoms with Gasteiger partial charge in [0.25, 0.3) is 0 Å². The molecule has 0 rings (SSSR count). The maximum absolute atomic E-state index is 10.3. The highest BCUT2D eigenvalue weighted by Gasteiger charge is 1.92. The van der Waals surface area contributed by atoms with E-state index in [0.717, 1.165) is 38.5 Å². The Kier molecular flexibility index (Phi) is 21.4. The minimum atomic E-state index is -0.931. The number of unbranched alkanes of at least 4 members (excludes halogenated alkanes) is 16. The largest absolute Gasteiger partial charge is 0.550 e. The highest BCUT2D eigenvalue weighted by atomic mass is 16.4. The van der Waals surface area contributed by atoms with Gasteiger partial charge in [-0.3, -0.25) is 0 Å². The van der Waals surface area contributed by atoms with Crippen LogP contribution in [0.4, 0.5) is 0 Å². The molecule has 0 aromatic carbocycles. The average molecular weight is 374 g/mol. The molecule has 27 heavy (non-hydrogen) atoms. The number of hydrogen-bond acceptors (Lipinski definition) is 2. The van der Waals surface area contributed by atoms with Crippen LogP contribution in [-0.4, -0.2) is 5.97 Å². The van der Waals surface area contributed by atoms with Gasteiger partial charge in [0.05, 0.1) is 0 Å². The van der Waals surface area contributed by atoms with E-state index in [1.54, 1.807) is 0 Å². The summed E-state index contributed by atoms with van der Waals surface area (Å²) < 4.78 is 0. The Bertz CT molecular complexity index is 444. The lowest BCUT2D eigenvalue weighted by molar-refractivity contribution is -0.305. The van der Waals surface area contributed by atoms with Gasteiger partial charge in [0, 0.05) is 18.8 Å². The van der Waals surface area contributed by atoms with Crippen molar-refractivity contribution < 1.29 is 9.90 Å². The topological polar surface area (TPSA) is 40.1 Å². The van der Waals surface area contributed by atoms with Gasteiger partial charge >= 0.3 is 0 Å². The molecule has 154 valence electrons. The van der Waals surface area contributed by atoms with Crippen molar-refractivity contribution in [2.75, 3.05) is 0 Å². The van der Waals surface area contributed by atoms with Gasteiger partial charge in [0.15, 0.2) is 0 Å². The van der Waals surface area contributed by atoms with E-state index in [9.17, 15) is 9.90 Å². The molecule has 0 aliphatic rings. The molecular formula is C25H41O2-. The quantitative estimate of drug-likeness (QED) is 0.213. The zero-order valence-electron chi connectivity index (χ0n) is 17.8. The summed E-state index contributed by atoms with van der Waals surface area (Å²) in [4.78, 5) is 10.3. The number of rotatable bonds is 18. The molecule has 0 fully saturated rings. The summed E-state index contributed by atoms with van der Waals surface area (Å²) in [5.41, 5.74) is 0. The first kappa shape index (κ1) is 25.6. The van der Waals surface area contributed by atoms with Crippen LogP contribution in [0.1, 0.15) is 129 Å². The Morgan fingerprint density at radius 1 is 0.593 bits per heavy atom. The van der Waals surface area contributed by atoms with Gasteiger partial charge in [-0.25, -0.2) is 0 Å². The van der Waals surface area contributed by atoms with Crippen LogP contribution >= 0.6 is 0 Å². The summed E-state index contributed by atoms with van der Waals surface area (Å²) in [5.74, 6) is 11.3. The van der Waals surface area contributed by atoms with Crippen molar-refractivity contribution in [3.8, 4) is 23.7 Å². The van der Waals surface area contributed by atoms with Gasteiger partial charge < -0.3 is 9.90 Å². The van der Waals surface area contributed by atoms with Crippen LogP contribution in [0.5, 0.6) is 0 Å². The minimum Gasteiger partial charge on any atom is -0.550 e. The lowest BCUT2D eigenvalue weighted by Crippen LogP contribution is -2.21. The molecule has 0 aromatic heterocycles. The van der Waals surface area contributed by atoms with Crippen molar-refractivity contribution in [2.45, 2.75) is 129 Å². The number of carboxylic acid groups (broad SMARTS) is 1. The van der Waals surface area contributed by atoms with Crippen molar-refractivity contribution in [3.63, 3.8) is 0 Å². The summed E-state index contributed by atoms with van der Waals surface area (Å²) in [5, 5.41) is 10.3. The first-order chi connectivity index (χ1) is 13.3. The third-order valence-electron chi connectivity index (χ3n) is 4.83. The van der Waals surface area contributed by atoms with Crippen LogP contribution in [0.15, 0.2) is 0 Å². The molecule has 0 N–H and O–H groups in total. The fourth-order valence-electron chi connectivity index (χ4n) is 3.10. The van der Waals surface area contributed by atoms with E-state index in [1.807, 2.05) is 0 Å². The highest BCUT2D eigenvalue weighted by molar-refractivity contribution is 5.64. The van der Waals surface area contributed by atoms with Gasteiger partial charge in [-0.1, -0.05) is 102 Å². The van der Waals surface area contributed by atoms with Crippen LogP contribution in [0.3, 0.4) is 0 Å². The lowest BCUT2D eigenvalue weighted by Gasteiger charge is -2.01. The van der Waals surface area contributed by atoms with Gasteiger partial charge in [0.1, 0.15) is 0 Å². The molecule has 2 heteroatoms. The third kappa shape index (κ3) is 24.6. The van der Waals surface area contributed by atoms with Crippen LogP contribution in [0.2, 0.25) is 0 Å². The zero-order valence-corrected chi connectivity index (χ0v) is 17.8. The normalized spacial score (nSPS) is 9.96. The molecule has 0 aromatic rings. The number of carbonyl (C=O) groups excluding carboxylic acids is 1. The fraction of sp³-hybridized carbons (Fsp3) is 0.800. The third-order valence-corrected chi connectivity index (χ3v) is 4.83. The van der Waals surface area contributed by atoms with Crippen molar-refractivity contribution in [2.24, 2.45) is 0 Å². The first-order valence-electron chi connectivity index (χ1n) is 11.4. The van der Waals surface area contributed by atoms with Crippen molar-refractivity contribution in [1.82, 2.24) is 0 Å². The van der Waals surface area contributed by atoms with Gasteiger partial charge in [-0.2, -0.15) is 0 Å². The molecular weight excluding hydrogens is 332 g/mol. The van der Waals surface area contributed by atoms with Crippen molar-refractivity contribution >= 4 is 5.97 Å². The molecule has 0 heterocycles. The van der Waals surface area contributed by atoms with Gasteiger partial charge in [-0.15, -0.1) is 0 Å². The van der Waals surface area contributed by atoms with Gasteiger partial charge in [0.2, 0.25) is 0 Å². The summed E-state index contributed by atoms with van der Waals surface area (Å²) in [6.07, 6.45) is 22.1. The molecule has 0 radical (unpaired) electrons. The first-order valence-corrected chi connectivity index (χ1v) is 11.4. The second kappa shape index (κ2) is 22.6. The molecule has 0 saturated carbocycles. The van der Waals surface area contributed by atoms with E-state index in [1.165, 1.54) is 77.0 Å². The van der Waals surface area contributed by atoms with E-state index >= 15 is 0 Å². The maximum Gasteiger partial charge on any atom is 0.0414 e. The number of aliphatic carboxylic acids is 1. The Balaban J connectivity index is 3.25. The molecule has 0 unspecified atom stereocenters. The average Bonchev–Trinajstić information content (AvgIpc) is 2.65. The fourth-order valence-corrected chi connectivity index (χ4v) is 3.10. The van der Waals surface area contributed by atoms with Gasteiger partial charge in [-0.05, 0) is 37.5 Å². The molecule has 2 nitrogen and oxygen atoms in total. The van der Waals surface area contributed by atoms with Crippen LogP contribution in [0.25, 0.3) is 0 Å². The zero-order chi connectivity index (χ0) is 19.8. The monoisotopic (exact) mass is 373 g/mol. The number of carbonyl (C=O) groups is 1. The van der Waals surface area contributed by atoms with Crippen LogP contribution in [-0.2, 0) is 4.79 Å². The van der Waals surface area contributed by atoms with Crippen LogP contribution < -0.4 is 5.11 Å². The Hall–Kier alpha value is -1.41. The summed E-state index contributed by atoms with van der Waals surface area (Å²) >= 11 is 0. The summed E-state index contributed by atoms with van der Waals surface area (Å²) in [6.45, 7) is 2.27. The summed E-state index contributed by atoms with van der Waals surface area (Å²) in [7, 11) is 0. The molecule has 0 aliphatic carbocycles. The second-order valence-electron chi connectivity index (χ2n) is 7.53. The Labute approximate surface area is 168 Å². The standard InChI is InChI=1S/C25H42O2/c1-2-3-4-5-6-7-8-9-10-11-12-13-14-15-16-17-18-19-20-21-22-23-24-25(26)27/h2-12,17-24H2,1H3,(H,26,27)/p-1. The predicted octanol–water partition coefficient (Wildman–Crippen LogP) is 6.17. The maximum atomic E-state index is 10.3. The van der Waals surface area contributed by atoms with E-state index in [0.29, 0.717) is 0 Å². The molecule has 0 amide bonds. The molecule has 0 spiro atoms. The molecule has 0 bridgehead atoms. The molecule has 0 atom stereocenters. The Morgan fingerprint density at radius 2 is 0.963 bits per heavy atom. The number of carboxylic acids is 1. The smallest absolute Gasteiger partial charge is 0.0414 e. The second-order valence-corrected chi connectivity index (χ2v) is 7.53. The van der Waals surface area contributed by atoms with E-state index in [2.05, 4.69) is 30.6 Å². The lowest BCUT2D eigenvalue weighted by atomic mass is 10.1. The number of hydrogen-bond donors (Lipinski definition) is 0. The highest BCUT2D eigenvalue weighted by Crippen LogP contribution is 2.11. The van der Waals surface area contributed by atoms with E-state index in [4.69, 9.17) is 0 Å². The van der Waals surface area contributed by atoms with Crippen molar-refractivity contribution in [1.29, 1.82) is 0 Å². The summed E-state index contributed by atoms with van der Waals surface area (Å²) in [6, 6.07) is 0.